The van der Waals surface area contributed by atoms with Gasteiger partial charge in [0.2, 0.25) is 5.91 Å². The quantitative estimate of drug-likeness (QED) is 0.701. The molecule has 0 fully saturated rings. The zero-order chi connectivity index (χ0) is 11.1. The Morgan fingerprint density at radius 1 is 1.73 bits per heavy atom. The molecule has 1 aromatic rings. The molecular formula is C9H15N3O2S. The van der Waals surface area contributed by atoms with Crippen LogP contribution in [0.3, 0.4) is 0 Å². The van der Waals surface area contributed by atoms with E-state index in [4.69, 9.17) is 10.5 Å². The summed E-state index contributed by atoms with van der Waals surface area (Å²) in [6, 6.07) is 0. The Morgan fingerprint density at radius 3 is 3.13 bits per heavy atom. The maximum absolute atomic E-state index is 11.5. The number of hydrogen-bond donors (Lipinski definition) is 1. The predicted octanol–water partition coefficient (Wildman–Crippen LogP) is 0.0768. The Bertz CT molecular complexity index is 290. The third-order valence-electron chi connectivity index (χ3n) is 1.80. The van der Waals surface area contributed by atoms with Crippen LogP contribution in [0.5, 0.6) is 0 Å². The van der Waals surface area contributed by atoms with Crippen molar-refractivity contribution in [3.8, 4) is 0 Å². The highest BCUT2D eigenvalue weighted by molar-refractivity contribution is 7.07. The summed E-state index contributed by atoms with van der Waals surface area (Å²) in [4.78, 5) is 17.2. The van der Waals surface area contributed by atoms with E-state index in [0.29, 0.717) is 19.7 Å². The normalized spacial score (nSPS) is 10.3. The van der Waals surface area contributed by atoms with Crippen LogP contribution in [-0.4, -0.2) is 42.6 Å². The molecule has 0 saturated carbocycles. The van der Waals surface area contributed by atoms with Crippen molar-refractivity contribution < 1.29 is 9.53 Å². The molecule has 0 unspecified atom stereocenters. The van der Waals surface area contributed by atoms with Crippen LogP contribution in [0.2, 0.25) is 0 Å². The molecule has 1 rings (SSSR count). The smallest absolute Gasteiger partial charge is 0.248 e. The van der Waals surface area contributed by atoms with Gasteiger partial charge in [0, 0.05) is 19.0 Å². The van der Waals surface area contributed by atoms with Crippen molar-refractivity contribution in [2.45, 2.75) is 6.54 Å². The van der Waals surface area contributed by atoms with E-state index in [0.717, 1.165) is 5.69 Å². The fourth-order valence-corrected chi connectivity index (χ4v) is 1.55. The maximum atomic E-state index is 11.5. The van der Waals surface area contributed by atoms with Crippen LogP contribution < -0.4 is 5.73 Å². The second-order valence-electron chi connectivity index (χ2n) is 3.07. The molecular weight excluding hydrogens is 214 g/mol. The van der Waals surface area contributed by atoms with Crippen molar-refractivity contribution in [2.75, 3.05) is 26.8 Å². The Balaban J connectivity index is 2.27. The number of hydrogen-bond acceptors (Lipinski definition) is 5. The molecule has 6 heteroatoms. The molecule has 15 heavy (non-hydrogen) atoms. The SMILES string of the molecule is CN(Cc1cscn1)C(=O)COCCN. The topological polar surface area (TPSA) is 68.5 Å². The number of ether oxygens (including phenoxy) is 1. The number of rotatable bonds is 6. The van der Waals surface area contributed by atoms with E-state index in [1.54, 1.807) is 17.5 Å². The van der Waals surface area contributed by atoms with Crippen molar-refractivity contribution >= 4 is 17.2 Å². The van der Waals surface area contributed by atoms with E-state index in [-0.39, 0.29) is 12.5 Å². The Hall–Kier alpha value is -0.980. The summed E-state index contributed by atoms with van der Waals surface area (Å²) in [5.41, 5.74) is 7.89. The third-order valence-corrected chi connectivity index (χ3v) is 2.43. The Morgan fingerprint density at radius 2 is 2.53 bits per heavy atom. The van der Waals surface area contributed by atoms with Crippen LogP contribution in [-0.2, 0) is 16.1 Å². The van der Waals surface area contributed by atoms with Crippen molar-refractivity contribution in [2.24, 2.45) is 5.73 Å². The third kappa shape index (κ3) is 4.37. The lowest BCUT2D eigenvalue weighted by Gasteiger charge is -2.15. The minimum Gasteiger partial charge on any atom is -0.370 e. The second-order valence-corrected chi connectivity index (χ2v) is 3.79. The van der Waals surface area contributed by atoms with E-state index >= 15 is 0 Å². The fourth-order valence-electron chi connectivity index (χ4n) is 1.000. The summed E-state index contributed by atoms with van der Waals surface area (Å²) in [7, 11) is 1.73. The fraction of sp³-hybridized carbons (Fsp3) is 0.556. The molecule has 1 heterocycles. The summed E-state index contributed by atoms with van der Waals surface area (Å²) < 4.78 is 5.05. The molecule has 0 radical (unpaired) electrons. The number of aromatic nitrogens is 1. The lowest BCUT2D eigenvalue weighted by molar-refractivity contribution is -0.135. The van der Waals surface area contributed by atoms with Crippen molar-refractivity contribution in [3.63, 3.8) is 0 Å². The number of amides is 1. The largest absolute Gasteiger partial charge is 0.370 e. The summed E-state index contributed by atoms with van der Waals surface area (Å²) in [5, 5.41) is 1.92. The summed E-state index contributed by atoms with van der Waals surface area (Å²) >= 11 is 1.52. The molecule has 0 aromatic carbocycles. The van der Waals surface area contributed by atoms with E-state index in [1.807, 2.05) is 5.38 Å². The van der Waals surface area contributed by atoms with Gasteiger partial charge in [-0.25, -0.2) is 4.98 Å². The molecule has 0 aliphatic carbocycles. The molecule has 0 atom stereocenters. The zero-order valence-electron chi connectivity index (χ0n) is 8.68. The maximum Gasteiger partial charge on any atom is 0.248 e. The van der Waals surface area contributed by atoms with Crippen molar-refractivity contribution in [3.05, 3.63) is 16.6 Å². The van der Waals surface area contributed by atoms with Gasteiger partial charge in [0.1, 0.15) is 6.61 Å². The van der Waals surface area contributed by atoms with Gasteiger partial charge >= 0.3 is 0 Å². The van der Waals surface area contributed by atoms with Crippen LogP contribution >= 0.6 is 11.3 Å². The first kappa shape index (κ1) is 12.1. The van der Waals surface area contributed by atoms with E-state index in [2.05, 4.69) is 4.98 Å². The number of nitrogens with two attached hydrogens (primary N) is 1. The van der Waals surface area contributed by atoms with Gasteiger partial charge in [-0.1, -0.05) is 0 Å². The highest BCUT2D eigenvalue weighted by Gasteiger charge is 2.09. The molecule has 5 nitrogen and oxygen atoms in total. The van der Waals surface area contributed by atoms with Crippen molar-refractivity contribution in [1.82, 2.24) is 9.88 Å². The zero-order valence-corrected chi connectivity index (χ0v) is 9.50. The van der Waals surface area contributed by atoms with E-state index < -0.39 is 0 Å². The van der Waals surface area contributed by atoms with E-state index in [1.165, 1.54) is 11.3 Å². The summed E-state index contributed by atoms with van der Waals surface area (Å²) in [6.45, 7) is 1.45. The molecule has 0 aliphatic rings. The van der Waals surface area contributed by atoms with Crippen LogP contribution in [0.15, 0.2) is 10.9 Å². The van der Waals surface area contributed by atoms with Crippen LogP contribution in [0.1, 0.15) is 5.69 Å². The molecule has 84 valence electrons. The van der Waals surface area contributed by atoms with Gasteiger partial charge in [0.15, 0.2) is 0 Å². The molecule has 1 aromatic heterocycles. The highest BCUT2D eigenvalue weighted by Crippen LogP contribution is 2.04. The predicted molar refractivity (Wildman–Crippen MR) is 58.5 cm³/mol. The van der Waals surface area contributed by atoms with Gasteiger partial charge in [-0.15, -0.1) is 11.3 Å². The number of likely N-dealkylation sites (N-methyl/N-ethyl adjacent to an activating group) is 1. The average Bonchev–Trinajstić information content (AvgIpc) is 2.70. The summed E-state index contributed by atoms with van der Waals surface area (Å²) in [5.74, 6) is -0.0588. The minimum atomic E-state index is -0.0588. The second kappa shape index (κ2) is 6.49. The molecule has 0 spiro atoms. The van der Waals surface area contributed by atoms with Gasteiger partial charge in [-0.2, -0.15) is 0 Å². The lowest BCUT2D eigenvalue weighted by Crippen LogP contribution is -2.30. The molecule has 0 saturated heterocycles. The number of carbonyl (C=O) groups excluding carboxylic acids is 1. The highest BCUT2D eigenvalue weighted by atomic mass is 32.1. The molecule has 2 N–H and O–H groups in total. The minimum absolute atomic E-state index is 0.0588. The number of carbonyl (C=O) groups is 1. The Labute approximate surface area is 92.9 Å². The van der Waals surface area contributed by atoms with Crippen LogP contribution in [0.25, 0.3) is 0 Å². The monoisotopic (exact) mass is 229 g/mol. The van der Waals surface area contributed by atoms with Crippen LogP contribution in [0.4, 0.5) is 0 Å². The van der Waals surface area contributed by atoms with Crippen molar-refractivity contribution in [1.29, 1.82) is 0 Å². The number of thiazole rings is 1. The molecule has 0 aliphatic heterocycles. The van der Waals surface area contributed by atoms with Gasteiger partial charge in [-0.05, 0) is 0 Å². The summed E-state index contributed by atoms with van der Waals surface area (Å²) in [6.07, 6.45) is 0. The van der Waals surface area contributed by atoms with Gasteiger partial charge in [-0.3, -0.25) is 4.79 Å². The van der Waals surface area contributed by atoms with Gasteiger partial charge < -0.3 is 15.4 Å². The van der Waals surface area contributed by atoms with Crippen LogP contribution in [0, 0.1) is 0 Å². The average molecular weight is 229 g/mol. The Kier molecular flexibility index (Phi) is 5.23. The lowest BCUT2D eigenvalue weighted by atomic mass is 10.4. The molecule has 1 amide bonds. The van der Waals surface area contributed by atoms with Gasteiger partial charge in [0.25, 0.3) is 0 Å². The number of nitrogens with zero attached hydrogens (tertiary/aromatic N) is 2. The standard InChI is InChI=1S/C9H15N3O2S/c1-12(4-8-6-15-7-11-8)9(13)5-14-3-2-10/h6-7H,2-5,10H2,1H3. The van der Waals surface area contributed by atoms with E-state index in [9.17, 15) is 4.79 Å². The first-order chi connectivity index (χ1) is 7.24. The first-order valence-electron chi connectivity index (χ1n) is 4.63. The first-order valence-corrected chi connectivity index (χ1v) is 5.57. The van der Waals surface area contributed by atoms with Gasteiger partial charge in [0.05, 0.1) is 24.4 Å². The molecule has 0 bridgehead atoms.